The zero-order valence-corrected chi connectivity index (χ0v) is 10.3. The van der Waals surface area contributed by atoms with Crippen molar-refractivity contribution in [1.82, 2.24) is 9.97 Å². The van der Waals surface area contributed by atoms with Gasteiger partial charge in [-0.2, -0.15) is 0 Å². The van der Waals surface area contributed by atoms with E-state index in [2.05, 4.69) is 9.97 Å². The van der Waals surface area contributed by atoms with E-state index in [4.69, 9.17) is 11.6 Å². The first-order chi connectivity index (χ1) is 7.98. The third-order valence-corrected chi connectivity index (χ3v) is 3.34. The molecule has 0 amide bonds. The van der Waals surface area contributed by atoms with Crippen LogP contribution in [0.2, 0.25) is 5.15 Å². The molecule has 94 valence electrons. The van der Waals surface area contributed by atoms with E-state index in [1.54, 1.807) is 4.90 Å². The third-order valence-electron chi connectivity index (χ3n) is 3.07. The Hall–Kier alpha value is -0.970. The summed E-state index contributed by atoms with van der Waals surface area (Å²) in [5, 5.41) is 0.271. The van der Waals surface area contributed by atoms with Crippen LogP contribution in [0.1, 0.15) is 19.8 Å². The second-order valence-electron chi connectivity index (χ2n) is 4.41. The summed E-state index contributed by atoms with van der Waals surface area (Å²) in [5.41, 5.74) is 0. The van der Waals surface area contributed by atoms with E-state index in [0.29, 0.717) is 18.8 Å². The van der Waals surface area contributed by atoms with Crippen LogP contribution in [0.15, 0.2) is 12.4 Å². The summed E-state index contributed by atoms with van der Waals surface area (Å²) in [6.45, 7) is 1.95. The van der Waals surface area contributed by atoms with Gasteiger partial charge in [0.25, 0.3) is 0 Å². The molecule has 0 radical (unpaired) electrons. The van der Waals surface area contributed by atoms with Crippen LogP contribution in [-0.4, -0.2) is 29.0 Å². The van der Waals surface area contributed by atoms with Gasteiger partial charge < -0.3 is 4.90 Å². The van der Waals surface area contributed by atoms with Crippen LogP contribution < -0.4 is 4.90 Å². The van der Waals surface area contributed by atoms with Crippen molar-refractivity contribution in [2.24, 2.45) is 5.92 Å². The first-order valence-corrected chi connectivity index (χ1v) is 5.95. The molecule has 0 aromatic carbocycles. The molecule has 1 aliphatic rings. The fourth-order valence-electron chi connectivity index (χ4n) is 2.11. The van der Waals surface area contributed by atoms with Gasteiger partial charge in [0.1, 0.15) is 0 Å². The number of rotatable bonds is 2. The van der Waals surface area contributed by atoms with Gasteiger partial charge in [0.15, 0.2) is 11.0 Å². The molecule has 6 heteroatoms. The smallest absolute Gasteiger partial charge is 0.249 e. The van der Waals surface area contributed by atoms with Crippen molar-refractivity contribution in [1.29, 1.82) is 0 Å². The molecule has 17 heavy (non-hydrogen) atoms. The maximum absolute atomic E-state index is 13.3. The van der Waals surface area contributed by atoms with Gasteiger partial charge in [-0.25, -0.2) is 18.7 Å². The molecule has 1 aromatic rings. The zero-order chi connectivity index (χ0) is 12.5. The molecule has 0 spiro atoms. The lowest BCUT2D eigenvalue weighted by Crippen LogP contribution is -2.42. The average Bonchev–Trinajstić information content (AvgIpc) is 2.29. The Morgan fingerprint density at radius 3 is 2.76 bits per heavy atom. The van der Waals surface area contributed by atoms with Gasteiger partial charge in [0.2, 0.25) is 5.92 Å². The van der Waals surface area contributed by atoms with Gasteiger partial charge in [0.05, 0.1) is 0 Å². The highest BCUT2D eigenvalue weighted by atomic mass is 35.5. The number of halogens is 3. The number of aromatic nitrogens is 2. The number of piperidine rings is 1. The summed E-state index contributed by atoms with van der Waals surface area (Å²) in [7, 11) is 0. The van der Waals surface area contributed by atoms with Crippen LogP contribution in [0.3, 0.4) is 0 Å². The zero-order valence-electron chi connectivity index (χ0n) is 9.54. The van der Waals surface area contributed by atoms with Crippen molar-refractivity contribution in [2.75, 3.05) is 18.0 Å². The van der Waals surface area contributed by atoms with Crippen molar-refractivity contribution in [3.63, 3.8) is 0 Å². The minimum Gasteiger partial charge on any atom is -0.354 e. The fraction of sp³-hybridized carbons (Fsp3) is 0.636. The summed E-state index contributed by atoms with van der Waals surface area (Å²) in [6, 6.07) is 0. The Bertz CT molecular complexity index is 395. The first kappa shape index (κ1) is 12.5. The standard InChI is InChI=1S/C11H14ClF2N3/c1-11(13,14)8-3-2-6-17(7-8)10-9(12)15-4-5-16-10/h4-5,8H,2-3,6-7H2,1H3/t8-/m1/s1. The minimum absolute atomic E-state index is 0.271. The summed E-state index contributed by atoms with van der Waals surface area (Å²) < 4.78 is 26.6. The number of hydrogen-bond donors (Lipinski definition) is 0. The Morgan fingerprint density at radius 2 is 2.12 bits per heavy atom. The van der Waals surface area contributed by atoms with Crippen LogP contribution in [0, 0.1) is 5.92 Å². The molecule has 1 aliphatic heterocycles. The Morgan fingerprint density at radius 1 is 1.41 bits per heavy atom. The lowest BCUT2D eigenvalue weighted by molar-refractivity contribution is -0.0440. The van der Waals surface area contributed by atoms with Crippen LogP contribution in [-0.2, 0) is 0 Å². The van der Waals surface area contributed by atoms with E-state index in [1.165, 1.54) is 12.4 Å². The van der Waals surface area contributed by atoms with Gasteiger partial charge in [-0.3, -0.25) is 0 Å². The Balaban J connectivity index is 2.15. The van der Waals surface area contributed by atoms with Gasteiger partial charge in [-0.15, -0.1) is 0 Å². The SMILES string of the molecule is CC(F)(F)[C@@H]1CCCN(c2nccnc2Cl)C1. The maximum atomic E-state index is 13.3. The minimum atomic E-state index is -2.66. The number of nitrogens with zero attached hydrogens (tertiary/aromatic N) is 3. The maximum Gasteiger partial charge on any atom is 0.249 e. The second kappa shape index (κ2) is 4.72. The predicted octanol–water partition coefficient (Wildman–Crippen LogP) is 3.00. The molecule has 2 rings (SSSR count). The van der Waals surface area contributed by atoms with E-state index in [-0.39, 0.29) is 11.7 Å². The lowest BCUT2D eigenvalue weighted by atomic mass is 9.93. The van der Waals surface area contributed by atoms with Crippen molar-refractivity contribution < 1.29 is 8.78 Å². The van der Waals surface area contributed by atoms with Gasteiger partial charge >= 0.3 is 0 Å². The largest absolute Gasteiger partial charge is 0.354 e. The highest BCUT2D eigenvalue weighted by Crippen LogP contribution is 2.34. The van der Waals surface area contributed by atoms with E-state index in [9.17, 15) is 8.78 Å². The molecule has 0 unspecified atom stereocenters. The monoisotopic (exact) mass is 261 g/mol. The molecule has 0 saturated carbocycles. The van der Waals surface area contributed by atoms with Crippen LogP contribution in [0.25, 0.3) is 0 Å². The van der Waals surface area contributed by atoms with Crippen molar-refractivity contribution in [3.05, 3.63) is 17.5 Å². The fourth-order valence-corrected chi connectivity index (χ4v) is 2.33. The Labute approximate surface area is 104 Å². The molecule has 3 nitrogen and oxygen atoms in total. The topological polar surface area (TPSA) is 29.0 Å². The summed E-state index contributed by atoms with van der Waals surface area (Å²) in [5.74, 6) is -2.80. The molecule has 1 saturated heterocycles. The average molecular weight is 262 g/mol. The van der Waals surface area contributed by atoms with Crippen LogP contribution >= 0.6 is 11.6 Å². The molecule has 0 bridgehead atoms. The molecule has 1 fully saturated rings. The Kier molecular flexibility index (Phi) is 3.47. The van der Waals surface area contributed by atoms with Gasteiger partial charge in [0, 0.05) is 31.4 Å². The summed E-state index contributed by atoms with van der Waals surface area (Å²) in [6.07, 6.45) is 4.27. The molecule has 1 atom stereocenters. The molecular formula is C11H14ClF2N3. The normalized spacial score (nSPS) is 21.6. The van der Waals surface area contributed by atoms with E-state index in [1.807, 2.05) is 0 Å². The van der Waals surface area contributed by atoms with Crippen LogP contribution in [0.5, 0.6) is 0 Å². The number of alkyl halides is 2. The molecule has 1 aromatic heterocycles. The van der Waals surface area contributed by atoms with Crippen molar-refractivity contribution in [2.45, 2.75) is 25.7 Å². The van der Waals surface area contributed by atoms with Gasteiger partial charge in [-0.05, 0) is 19.8 Å². The molecular weight excluding hydrogens is 248 g/mol. The highest BCUT2D eigenvalue weighted by molar-refractivity contribution is 6.31. The quantitative estimate of drug-likeness (QED) is 0.820. The molecule has 0 N–H and O–H groups in total. The highest BCUT2D eigenvalue weighted by Gasteiger charge is 2.37. The lowest BCUT2D eigenvalue weighted by Gasteiger charge is -2.36. The van der Waals surface area contributed by atoms with Gasteiger partial charge in [-0.1, -0.05) is 11.6 Å². The molecule has 2 heterocycles. The summed E-state index contributed by atoms with van der Waals surface area (Å²) in [4.78, 5) is 9.81. The number of anilines is 1. The van der Waals surface area contributed by atoms with Crippen molar-refractivity contribution in [3.8, 4) is 0 Å². The van der Waals surface area contributed by atoms with E-state index < -0.39 is 11.8 Å². The first-order valence-electron chi connectivity index (χ1n) is 5.58. The molecule has 0 aliphatic carbocycles. The number of hydrogen-bond acceptors (Lipinski definition) is 3. The predicted molar refractivity (Wildman–Crippen MR) is 62.6 cm³/mol. The van der Waals surface area contributed by atoms with Crippen LogP contribution in [0.4, 0.5) is 14.6 Å². The second-order valence-corrected chi connectivity index (χ2v) is 4.77. The third kappa shape index (κ3) is 2.83. The van der Waals surface area contributed by atoms with Crippen molar-refractivity contribution >= 4 is 17.4 Å². The van der Waals surface area contributed by atoms with E-state index >= 15 is 0 Å². The summed E-state index contributed by atoms with van der Waals surface area (Å²) >= 11 is 5.92. The van der Waals surface area contributed by atoms with E-state index in [0.717, 1.165) is 13.3 Å².